The van der Waals surface area contributed by atoms with Crippen LogP contribution in [0.25, 0.3) is 0 Å². The molecule has 0 saturated carbocycles. The SMILES string of the molecule is CCCCCCCCCCCCNC(=O)CCN(CCCCN(CCC(=O)NCCCCCCCCCCCC)CC(O)CN)CC(O)CN.CCCCCCCCCCCCNC(=O)CCN(CCCNCCCCC)CCC(=O)NCCCCCCCCCCCC.CCCCCCCCCCCCNC(=O)CCNCCCCN(CCC(=O)NCCCCCCCCCCCC)CC(O)CN. The summed E-state index contributed by atoms with van der Waals surface area (Å²) < 4.78 is 0. The number of carbonyl (C=O) groups is 6. The van der Waals surface area contributed by atoms with Gasteiger partial charge in [0.15, 0.2) is 0 Å². The first-order valence-corrected chi connectivity index (χ1v) is 60.1. The zero-order chi connectivity index (χ0) is 102. The predicted octanol–water partition coefficient (Wildman–Crippen LogP) is 22.0. The van der Waals surface area contributed by atoms with E-state index in [0.717, 1.165) is 182 Å². The average molecular weight is 1980 g/mol. The Morgan fingerprint density at radius 3 is 0.547 bits per heavy atom. The van der Waals surface area contributed by atoms with E-state index >= 15 is 0 Å². The molecule has 6 amide bonds. The topological polar surface area (TPSA) is 350 Å². The van der Waals surface area contributed by atoms with E-state index in [2.05, 4.69) is 111 Å². The third kappa shape index (κ3) is 115. The van der Waals surface area contributed by atoms with Crippen LogP contribution in [0.1, 0.15) is 524 Å². The van der Waals surface area contributed by atoms with Crippen LogP contribution in [-0.2, 0) is 28.8 Å². The van der Waals surface area contributed by atoms with E-state index in [1.165, 1.54) is 353 Å². The number of amides is 6. The van der Waals surface area contributed by atoms with E-state index in [0.29, 0.717) is 84.3 Å². The fraction of sp³-hybridized carbons (Fsp3) is 0.948. The van der Waals surface area contributed by atoms with E-state index in [1.54, 1.807) is 0 Å². The quantitative estimate of drug-likeness (QED) is 0.0252. The predicted molar refractivity (Wildman–Crippen MR) is 596 cm³/mol. The molecule has 0 aromatic carbocycles. The van der Waals surface area contributed by atoms with Crippen molar-refractivity contribution in [3.63, 3.8) is 0 Å². The first kappa shape index (κ1) is 139. The molecular formula is C115H239N15O9. The molecule has 139 heavy (non-hydrogen) atoms. The lowest BCUT2D eigenvalue weighted by Gasteiger charge is -2.26. The van der Waals surface area contributed by atoms with Gasteiger partial charge in [-0.15, -0.1) is 0 Å². The first-order chi connectivity index (χ1) is 68.0. The molecule has 0 radical (unpaired) electrons. The van der Waals surface area contributed by atoms with Crippen LogP contribution in [0.2, 0.25) is 0 Å². The highest BCUT2D eigenvalue weighted by molar-refractivity contribution is 5.78. The summed E-state index contributed by atoms with van der Waals surface area (Å²) in [6, 6.07) is 0. The average Bonchev–Trinajstić information content (AvgIpc) is 0.956. The number of hydrogen-bond acceptors (Lipinski definition) is 18. The van der Waals surface area contributed by atoms with Gasteiger partial charge in [0.05, 0.1) is 18.3 Å². The summed E-state index contributed by atoms with van der Waals surface area (Å²) in [5, 5.41) is 55.9. The van der Waals surface area contributed by atoms with Gasteiger partial charge < -0.3 is 94.7 Å². The summed E-state index contributed by atoms with van der Waals surface area (Å²) in [4.78, 5) is 83.2. The molecule has 3 unspecified atom stereocenters. The number of carbonyl (C=O) groups excluding carboxylic acids is 6. The molecule has 0 rings (SSSR count). The Kier molecular flexibility index (Phi) is 118. The van der Waals surface area contributed by atoms with Gasteiger partial charge in [-0.1, -0.05) is 408 Å². The van der Waals surface area contributed by atoms with Crippen molar-refractivity contribution in [2.45, 2.75) is 542 Å². The number of rotatable bonds is 111. The zero-order valence-corrected chi connectivity index (χ0v) is 93.0. The van der Waals surface area contributed by atoms with E-state index in [-0.39, 0.29) is 55.1 Å². The molecule has 0 aromatic heterocycles. The third-order valence-corrected chi connectivity index (χ3v) is 27.2. The van der Waals surface area contributed by atoms with Crippen LogP contribution in [0.5, 0.6) is 0 Å². The molecule has 0 aliphatic carbocycles. The molecule has 0 aromatic rings. The minimum atomic E-state index is -0.625. The van der Waals surface area contributed by atoms with Crippen LogP contribution < -0.4 is 59.7 Å². The summed E-state index contributed by atoms with van der Waals surface area (Å²) >= 11 is 0. The molecule has 24 nitrogen and oxygen atoms in total. The summed E-state index contributed by atoms with van der Waals surface area (Å²) in [5.41, 5.74) is 17.0. The number of nitrogens with zero attached hydrogens (tertiary/aromatic N) is 4. The van der Waals surface area contributed by atoms with Gasteiger partial charge in [0.25, 0.3) is 0 Å². The van der Waals surface area contributed by atoms with E-state index in [9.17, 15) is 44.1 Å². The minimum absolute atomic E-state index is 0.0570. The van der Waals surface area contributed by atoms with E-state index < -0.39 is 18.3 Å². The van der Waals surface area contributed by atoms with Crippen molar-refractivity contribution in [2.24, 2.45) is 17.2 Å². The summed E-state index contributed by atoms with van der Waals surface area (Å²) in [5.74, 6) is 0.629. The van der Waals surface area contributed by atoms with Crippen molar-refractivity contribution in [2.75, 3.05) is 164 Å². The van der Waals surface area contributed by atoms with E-state index in [1.807, 2.05) is 0 Å². The second kappa shape index (κ2) is 118. The number of hydrogen-bond donors (Lipinski definition) is 14. The lowest BCUT2D eigenvalue weighted by Crippen LogP contribution is -2.40. The molecule has 0 heterocycles. The van der Waals surface area contributed by atoms with Gasteiger partial charge in [-0.3, -0.25) is 28.8 Å². The summed E-state index contributed by atoms with van der Waals surface area (Å²) in [6.07, 6.45) is 87.2. The van der Waals surface area contributed by atoms with Gasteiger partial charge in [0, 0.05) is 156 Å². The molecule has 17 N–H and O–H groups in total. The van der Waals surface area contributed by atoms with Crippen LogP contribution in [0, 0.1) is 0 Å². The second-order valence-corrected chi connectivity index (χ2v) is 41.1. The van der Waals surface area contributed by atoms with Gasteiger partial charge in [-0.05, 0) is 123 Å². The molecule has 0 bridgehead atoms. The van der Waals surface area contributed by atoms with Crippen LogP contribution in [0.15, 0.2) is 0 Å². The van der Waals surface area contributed by atoms with Crippen molar-refractivity contribution >= 4 is 35.4 Å². The Balaban J connectivity index is -0.00000200. The molecule has 0 aliphatic heterocycles. The van der Waals surface area contributed by atoms with Gasteiger partial charge in [-0.2, -0.15) is 0 Å². The lowest BCUT2D eigenvalue weighted by atomic mass is 10.1. The van der Waals surface area contributed by atoms with Gasteiger partial charge in [0.2, 0.25) is 35.4 Å². The molecule has 0 spiro atoms. The molecule has 0 saturated heterocycles. The number of unbranched alkanes of at least 4 members (excludes halogenated alkanes) is 58. The standard InChI is InChI=1S/C40H84N6O4.C38H78N4O2.C37H77N5O3/c1-3-5-7-9-11-13-15-17-19-21-27-43-39(49)25-31-45(35-37(47)33-41)29-23-24-30-46(36-38(48)34-42)32-26-40(50)44-28-22-20-18-16-14-12-10-8-6-4-2;1-4-7-10-12-14-16-18-20-22-25-32-40-37(43)28-35-42(34-27-31-39-30-24-9-6-3)36-29-38(44)41-33-26-23-21-19-17-15-13-11-8-5-2;1-3-5-7-9-11-13-15-17-19-21-28-40-36(44)25-30-39-27-23-24-31-42(34-35(43)33-38)32-26-37(45)41-29-22-20-18-16-14-12-10-8-6-4-2/h37-38,47-48H,3-36,41-42H2,1-2H3,(H,43,49)(H,44,50);39H,4-36H2,1-3H3,(H,40,43)(H,41,44);35,39,43H,3-34,38H2,1-2H3,(H,40,44)(H,41,45). The Labute approximate surface area is 859 Å². The molecule has 3 atom stereocenters. The maximum Gasteiger partial charge on any atom is 0.221 e. The number of nitrogens with one attached hydrogen (secondary N) is 8. The highest BCUT2D eigenvalue weighted by Gasteiger charge is 2.19. The van der Waals surface area contributed by atoms with E-state index in [4.69, 9.17) is 17.2 Å². The van der Waals surface area contributed by atoms with Crippen molar-refractivity contribution in [1.82, 2.24) is 62.1 Å². The molecule has 0 aliphatic rings. The number of aliphatic hydroxyl groups excluding tert-OH is 3. The number of aliphatic hydroxyl groups is 3. The molecule has 0 fully saturated rings. The molecule has 24 heteroatoms. The summed E-state index contributed by atoms with van der Waals surface area (Å²) in [7, 11) is 0. The fourth-order valence-electron chi connectivity index (χ4n) is 17.8. The Morgan fingerprint density at radius 2 is 0.331 bits per heavy atom. The normalized spacial score (nSPS) is 12.2. The van der Waals surface area contributed by atoms with Crippen LogP contribution in [0.4, 0.5) is 0 Å². The zero-order valence-electron chi connectivity index (χ0n) is 93.0. The van der Waals surface area contributed by atoms with Crippen LogP contribution >= 0.6 is 0 Å². The Bertz CT molecular complexity index is 2400. The minimum Gasteiger partial charge on any atom is -0.390 e. The van der Waals surface area contributed by atoms with Gasteiger partial charge >= 0.3 is 0 Å². The third-order valence-electron chi connectivity index (χ3n) is 27.2. The van der Waals surface area contributed by atoms with Crippen LogP contribution in [-0.4, -0.2) is 252 Å². The maximum absolute atomic E-state index is 12.5. The van der Waals surface area contributed by atoms with Crippen molar-refractivity contribution in [3.05, 3.63) is 0 Å². The van der Waals surface area contributed by atoms with Crippen LogP contribution in [0.3, 0.4) is 0 Å². The van der Waals surface area contributed by atoms with Gasteiger partial charge in [-0.25, -0.2) is 0 Å². The second-order valence-electron chi connectivity index (χ2n) is 41.1. The highest BCUT2D eigenvalue weighted by atomic mass is 16.3. The number of nitrogens with two attached hydrogens (primary N) is 3. The first-order valence-electron chi connectivity index (χ1n) is 60.1. The van der Waals surface area contributed by atoms with Gasteiger partial charge in [0.1, 0.15) is 0 Å². The van der Waals surface area contributed by atoms with Crippen molar-refractivity contribution in [3.8, 4) is 0 Å². The molecular weight excluding hydrogens is 1740 g/mol. The Morgan fingerprint density at radius 1 is 0.180 bits per heavy atom. The fourth-order valence-corrected chi connectivity index (χ4v) is 17.8. The lowest BCUT2D eigenvalue weighted by molar-refractivity contribution is -0.122. The highest BCUT2D eigenvalue weighted by Crippen LogP contribution is 2.18. The monoisotopic (exact) mass is 1970 g/mol. The summed E-state index contributed by atoms with van der Waals surface area (Å²) in [6.45, 7) is 32.5. The molecule has 828 valence electrons. The Hall–Kier alpha value is -3.66. The van der Waals surface area contributed by atoms with Crippen molar-refractivity contribution < 1.29 is 44.1 Å². The largest absolute Gasteiger partial charge is 0.390 e. The smallest absolute Gasteiger partial charge is 0.221 e. The maximum atomic E-state index is 12.5. The van der Waals surface area contributed by atoms with Crippen molar-refractivity contribution in [1.29, 1.82) is 0 Å².